The van der Waals surface area contributed by atoms with Gasteiger partial charge in [-0.1, -0.05) is 19.3 Å². The number of rotatable bonds is 5. The Morgan fingerprint density at radius 3 is 2.52 bits per heavy atom. The van der Waals surface area contributed by atoms with Gasteiger partial charge in [0.25, 0.3) is 0 Å². The molecule has 3 aliphatic rings. The molecule has 0 aromatic heterocycles. The fourth-order valence-corrected chi connectivity index (χ4v) is 5.92. The Morgan fingerprint density at radius 1 is 1.11 bits per heavy atom. The van der Waals surface area contributed by atoms with Crippen molar-refractivity contribution in [3.05, 3.63) is 0 Å². The van der Waals surface area contributed by atoms with Gasteiger partial charge in [-0.2, -0.15) is 0 Å². The van der Waals surface area contributed by atoms with Crippen LogP contribution in [0, 0.1) is 11.8 Å². The smallest absolute Gasteiger partial charge is 0.220 e. The number of carbonyl (C=O) groups excluding carboxylic acids is 1. The van der Waals surface area contributed by atoms with Gasteiger partial charge in [0, 0.05) is 32.1 Å². The lowest BCUT2D eigenvalue weighted by Gasteiger charge is -2.27. The highest BCUT2D eigenvalue weighted by molar-refractivity contribution is 14.0. The first-order chi connectivity index (χ1) is 12.5. The maximum absolute atomic E-state index is 11.6. The predicted octanol–water partition coefficient (Wildman–Crippen LogP) is 1.43. The van der Waals surface area contributed by atoms with Gasteiger partial charge < -0.3 is 16.0 Å². The van der Waals surface area contributed by atoms with Crippen LogP contribution in [0.25, 0.3) is 0 Å². The highest BCUT2D eigenvalue weighted by Crippen LogP contribution is 2.23. The zero-order valence-electron chi connectivity index (χ0n) is 15.9. The van der Waals surface area contributed by atoms with Crippen molar-refractivity contribution in [2.45, 2.75) is 57.4 Å². The van der Waals surface area contributed by atoms with Crippen molar-refractivity contribution < 1.29 is 13.2 Å². The van der Waals surface area contributed by atoms with Crippen LogP contribution in [0.1, 0.15) is 51.4 Å². The molecule has 1 aliphatic carbocycles. The van der Waals surface area contributed by atoms with Crippen LogP contribution < -0.4 is 16.0 Å². The molecular formula is C18H33IN4O3S. The summed E-state index contributed by atoms with van der Waals surface area (Å²) in [5.74, 6) is 2.23. The van der Waals surface area contributed by atoms with Crippen LogP contribution in [0.2, 0.25) is 0 Å². The van der Waals surface area contributed by atoms with Gasteiger partial charge in [0.15, 0.2) is 15.8 Å². The number of hydrogen-bond acceptors (Lipinski definition) is 4. The summed E-state index contributed by atoms with van der Waals surface area (Å²) < 4.78 is 23.3. The van der Waals surface area contributed by atoms with E-state index in [1.807, 2.05) is 0 Å². The van der Waals surface area contributed by atoms with Crippen molar-refractivity contribution in [2.75, 3.05) is 31.1 Å². The minimum Gasteiger partial charge on any atom is -0.356 e. The number of hydrogen-bond donors (Lipinski definition) is 3. The summed E-state index contributed by atoms with van der Waals surface area (Å²) in [6.07, 6.45) is 8.53. The third-order valence-electron chi connectivity index (χ3n) is 5.72. The number of piperidine rings is 1. The quantitative estimate of drug-likeness (QED) is 0.294. The van der Waals surface area contributed by atoms with E-state index in [0.717, 1.165) is 18.9 Å². The van der Waals surface area contributed by atoms with Crippen LogP contribution in [0.4, 0.5) is 0 Å². The molecule has 7 nitrogen and oxygen atoms in total. The molecule has 3 N–H and O–H groups in total. The number of amides is 1. The second-order valence-electron chi connectivity index (χ2n) is 8.03. The average Bonchev–Trinajstić information content (AvgIpc) is 2.99. The molecule has 9 heteroatoms. The van der Waals surface area contributed by atoms with Gasteiger partial charge in [-0.05, 0) is 37.5 Å². The van der Waals surface area contributed by atoms with Crippen molar-refractivity contribution in [3.8, 4) is 0 Å². The summed E-state index contributed by atoms with van der Waals surface area (Å²) in [6, 6.07) is 0.178. The standard InChI is InChI=1S/C18H32N4O3S.HI/c23-17-7-6-16(12-19-17)22-18(20-10-14-4-2-1-3-5-14)21-11-15-8-9-26(24,25)13-15;/h14-16H,1-13H2,(H,19,23)(H2,20,21,22);1H. The maximum atomic E-state index is 11.6. The zero-order valence-corrected chi connectivity index (χ0v) is 19.1. The molecule has 0 radical (unpaired) electrons. The summed E-state index contributed by atoms with van der Waals surface area (Å²) >= 11 is 0. The molecule has 0 aromatic rings. The van der Waals surface area contributed by atoms with Crippen LogP contribution >= 0.6 is 24.0 Å². The van der Waals surface area contributed by atoms with Crippen LogP contribution in [0.15, 0.2) is 4.99 Å². The van der Waals surface area contributed by atoms with Crippen molar-refractivity contribution in [3.63, 3.8) is 0 Å². The van der Waals surface area contributed by atoms with Gasteiger partial charge in [0.2, 0.25) is 5.91 Å². The van der Waals surface area contributed by atoms with E-state index in [0.29, 0.717) is 37.6 Å². The average molecular weight is 512 g/mol. The van der Waals surface area contributed by atoms with Crippen LogP contribution in [0.3, 0.4) is 0 Å². The molecule has 3 fully saturated rings. The Bertz CT molecular complexity index is 610. The first-order valence-electron chi connectivity index (χ1n) is 10.0. The SMILES string of the molecule is I.O=C1CCC(NC(=NCC2CCS(=O)(=O)C2)NCC2CCCCC2)CN1. The maximum Gasteiger partial charge on any atom is 0.220 e. The van der Waals surface area contributed by atoms with Gasteiger partial charge in [-0.3, -0.25) is 9.79 Å². The van der Waals surface area contributed by atoms with E-state index in [4.69, 9.17) is 0 Å². The van der Waals surface area contributed by atoms with Crippen LogP contribution in [-0.4, -0.2) is 57.5 Å². The van der Waals surface area contributed by atoms with Gasteiger partial charge in [-0.25, -0.2) is 8.42 Å². The van der Waals surface area contributed by atoms with Crippen LogP contribution in [0.5, 0.6) is 0 Å². The molecule has 2 saturated heterocycles. The molecule has 1 saturated carbocycles. The Balaban J connectivity index is 0.00000261. The number of nitrogens with one attached hydrogen (secondary N) is 3. The topological polar surface area (TPSA) is 99.7 Å². The fourth-order valence-electron chi connectivity index (χ4n) is 4.07. The zero-order chi connectivity index (χ0) is 18.4. The van der Waals surface area contributed by atoms with E-state index < -0.39 is 9.84 Å². The number of aliphatic imine (C=N–C) groups is 1. The van der Waals surface area contributed by atoms with Crippen molar-refractivity contribution in [1.29, 1.82) is 0 Å². The highest BCUT2D eigenvalue weighted by Gasteiger charge is 2.28. The molecule has 27 heavy (non-hydrogen) atoms. The fraction of sp³-hybridized carbons (Fsp3) is 0.889. The number of carbonyl (C=O) groups is 1. The molecule has 156 valence electrons. The van der Waals surface area contributed by atoms with Crippen LogP contribution in [-0.2, 0) is 14.6 Å². The molecule has 0 bridgehead atoms. The van der Waals surface area contributed by atoms with Crippen molar-refractivity contribution in [2.24, 2.45) is 16.8 Å². The Labute approximate surface area is 179 Å². The molecule has 2 aliphatic heterocycles. The number of nitrogens with zero attached hydrogens (tertiary/aromatic N) is 1. The molecule has 2 unspecified atom stereocenters. The Hall–Kier alpha value is -0.580. The van der Waals surface area contributed by atoms with Crippen molar-refractivity contribution >= 4 is 45.7 Å². The number of halogens is 1. The minimum atomic E-state index is -2.86. The molecule has 0 spiro atoms. The monoisotopic (exact) mass is 512 g/mol. The molecule has 2 heterocycles. The normalized spacial score (nSPS) is 28.9. The summed E-state index contributed by atoms with van der Waals surface area (Å²) in [5.41, 5.74) is 0. The van der Waals surface area contributed by atoms with Gasteiger partial charge in [-0.15, -0.1) is 24.0 Å². The Kier molecular flexibility index (Phi) is 9.10. The molecule has 0 aromatic carbocycles. The minimum absolute atomic E-state index is 0. The molecule has 2 atom stereocenters. The van der Waals surface area contributed by atoms with Gasteiger partial charge >= 0.3 is 0 Å². The van der Waals surface area contributed by atoms with E-state index in [9.17, 15) is 13.2 Å². The number of sulfone groups is 1. The lowest BCUT2D eigenvalue weighted by Crippen LogP contribution is -2.52. The van der Waals surface area contributed by atoms with E-state index in [2.05, 4.69) is 20.9 Å². The van der Waals surface area contributed by atoms with E-state index >= 15 is 0 Å². The number of guanidine groups is 1. The summed E-state index contributed by atoms with van der Waals surface area (Å²) in [5, 5.41) is 9.79. The first kappa shape index (κ1) is 22.7. The summed E-state index contributed by atoms with van der Waals surface area (Å²) in [4.78, 5) is 16.0. The van der Waals surface area contributed by atoms with Crippen molar-refractivity contribution in [1.82, 2.24) is 16.0 Å². The first-order valence-corrected chi connectivity index (χ1v) is 11.8. The summed E-state index contributed by atoms with van der Waals surface area (Å²) in [6.45, 7) is 2.06. The van der Waals surface area contributed by atoms with Gasteiger partial charge in [0.1, 0.15) is 0 Å². The van der Waals surface area contributed by atoms with E-state index in [1.165, 1.54) is 32.1 Å². The van der Waals surface area contributed by atoms with E-state index in [1.54, 1.807) is 0 Å². The molecule has 3 rings (SSSR count). The summed E-state index contributed by atoms with van der Waals surface area (Å²) in [7, 11) is -2.86. The largest absolute Gasteiger partial charge is 0.356 e. The Morgan fingerprint density at radius 2 is 1.89 bits per heavy atom. The van der Waals surface area contributed by atoms with Gasteiger partial charge in [0.05, 0.1) is 11.5 Å². The molecule has 1 amide bonds. The second-order valence-corrected chi connectivity index (χ2v) is 10.3. The third kappa shape index (κ3) is 7.75. The molecular weight excluding hydrogens is 479 g/mol. The lowest BCUT2D eigenvalue weighted by atomic mass is 9.89. The van der Waals surface area contributed by atoms with E-state index in [-0.39, 0.29) is 47.6 Å². The predicted molar refractivity (Wildman–Crippen MR) is 118 cm³/mol. The third-order valence-corrected chi connectivity index (χ3v) is 7.56. The lowest BCUT2D eigenvalue weighted by molar-refractivity contribution is -0.122. The highest BCUT2D eigenvalue weighted by atomic mass is 127. The second kappa shape index (κ2) is 10.8.